The molecular weight excluding hydrogens is 247 g/mol. The molecule has 0 aliphatic carbocycles. The standard InChI is InChI=1S/C11H11N2O2S.Na/c1-7(13(15)11(12)14)10-6-8-4-2-3-5-9(8)16-10;/h2-7H,1H3,(H2,12,14);/q-1;+1. The molecule has 0 fully saturated rings. The fourth-order valence-corrected chi connectivity index (χ4v) is 2.61. The first-order valence-electron chi connectivity index (χ1n) is 4.84. The summed E-state index contributed by atoms with van der Waals surface area (Å²) in [4.78, 5) is 11.6. The number of rotatable bonds is 2. The second-order valence-electron chi connectivity index (χ2n) is 3.53. The fourth-order valence-electron chi connectivity index (χ4n) is 1.51. The van der Waals surface area contributed by atoms with Crippen LogP contribution in [0.1, 0.15) is 17.8 Å². The Hall–Kier alpha value is -0.590. The zero-order chi connectivity index (χ0) is 11.7. The van der Waals surface area contributed by atoms with Crippen molar-refractivity contribution >= 4 is 27.5 Å². The molecule has 0 saturated carbocycles. The van der Waals surface area contributed by atoms with Crippen molar-refractivity contribution in [3.8, 4) is 0 Å². The molecule has 2 aromatic rings. The molecule has 2 amide bonds. The van der Waals surface area contributed by atoms with E-state index in [4.69, 9.17) is 5.73 Å². The molecule has 1 aromatic heterocycles. The average Bonchev–Trinajstić information content (AvgIpc) is 2.70. The topological polar surface area (TPSA) is 69.4 Å². The van der Waals surface area contributed by atoms with Crippen LogP contribution in [-0.2, 0) is 0 Å². The average molecular weight is 258 g/mol. The quantitative estimate of drug-likeness (QED) is 0.601. The molecule has 0 bridgehead atoms. The number of benzene rings is 1. The Labute approximate surface area is 125 Å². The van der Waals surface area contributed by atoms with Crippen LogP contribution in [0.2, 0.25) is 0 Å². The first kappa shape index (κ1) is 14.5. The van der Waals surface area contributed by atoms with Crippen molar-refractivity contribution in [3.05, 3.63) is 40.4 Å². The van der Waals surface area contributed by atoms with E-state index in [2.05, 4.69) is 0 Å². The number of carbonyl (C=O) groups excluding carboxylic acids is 1. The van der Waals surface area contributed by atoms with Crippen LogP contribution in [0.5, 0.6) is 0 Å². The molecule has 0 aliphatic rings. The SMILES string of the molecule is CC(c1cc2ccccc2s1)N([O-])C(N)=O.[Na+]. The van der Waals surface area contributed by atoms with E-state index in [1.165, 1.54) is 11.3 Å². The van der Waals surface area contributed by atoms with E-state index < -0.39 is 12.1 Å². The van der Waals surface area contributed by atoms with E-state index in [0.29, 0.717) is 5.06 Å². The number of amides is 2. The van der Waals surface area contributed by atoms with Crippen LogP contribution in [0.4, 0.5) is 4.79 Å². The smallest absolute Gasteiger partial charge is 0.754 e. The Kier molecular flexibility index (Phi) is 4.97. The number of hydroxylamine groups is 2. The first-order chi connectivity index (χ1) is 7.59. The summed E-state index contributed by atoms with van der Waals surface area (Å²) in [5.74, 6) is 0. The fraction of sp³-hybridized carbons (Fsp3) is 0.182. The molecular formula is C11H11N2NaO2S. The van der Waals surface area contributed by atoms with Gasteiger partial charge in [0.15, 0.2) is 0 Å². The second-order valence-corrected chi connectivity index (χ2v) is 4.64. The number of hydrogen-bond donors (Lipinski definition) is 1. The van der Waals surface area contributed by atoms with Gasteiger partial charge in [0.05, 0.1) is 6.04 Å². The van der Waals surface area contributed by atoms with Gasteiger partial charge in [-0.15, -0.1) is 11.3 Å². The van der Waals surface area contributed by atoms with Crippen LogP contribution in [0, 0.1) is 5.21 Å². The number of primary amides is 1. The third kappa shape index (κ3) is 3.00. The van der Waals surface area contributed by atoms with Crippen LogP contribution in [0.15, 0.2) is 30.3 Å². The molecule has 84 valence electrons. The predicted molar refractivity (Wildman–Crippen MR) is 65.0 cm³/mol. The van der Waals surface area contributed by atoms with Crippen molar-refractivity contribution < 1.29 is 34.4 Å². The molecule has 17 heavy (non-hydrogen) atoms. The third-order valence-corrected chi connectivity index (χ3v) is 3.71. The van der Waals surface area contributed by atoms with Crippen LogP contribution in [-0.4, -0.2) is 11.1 Å². The van der Waals surface area contributed by atoms with Gasteiger partial charge in [0, 0.05) is 9.58 Å². The van der Waals surface area contributed by atoms with Gasteiger partial charge in [0.25, 0.3) is 0 Å². The predicted octanol–water partition coefficient (Wildman–Crippen LogP) is -0.155. The molecule has 4 nitrogen and oxygen atoms in total. The van der Waals surface area contributed by atoms with Crippen LogP contribution in [0.25, 0.3) is 10.1 Å². The summed E-state index contributed by atoms with van der Waals surface area (Å²) in [5.41, 5.74) is 4.95. The minimum atomic E-state index is -0.954. The summed E-state index contributed by atoms with van der Waals surface area (Å²) in [6, 6.07) is 8.26. The summed E-state index contributed by atoms with van der Waals surface area (Å²) in [6.07, 6.45) is 0. The van der Waals surface area contributed by atoms with Crippen molar-refractivity contribution in [1.29, 1.82) is 0 Å². The number of nitrogens with two attached hydrogens (primary N) is 1. The molecule has 0 saturated heterocycles. The molecule has 1 atom stereocenters. The third-order valence-electron chi connectivity index (χ3n) is 2.43. The summed E-state index contributed by atoms with van der Waals surface area (Å²) < 4.78 is 1.10. The molecule has 2 rings (SSSR count). The Morgan fingerprint density at radius 3 is 2.71 bits per heavy atom. The minimum absolute atomic E-state index is 0. The van der Waals surface area contributed by atoms with Crippen molar-refractivity contribution in [2.45, 2.75) is 13.0 Å². The molecule has 1 aromatic carbocycles. The summed E-state index contributed by atoms with van der Waals surface area (Å²) >= 11 is 1.50. The van der Waals surface area contributed by atoms with Crippen LogP contribution >= 0.6 is 11.3 Å². The van der Waals surface area contributed by atoms with Gasteiger partial charge in [-0.2, -0.15) is 0 Å². The van der Waals surface area contributed by atoms with Gasteiger partial charge in [0.1, 0.15) is 0 Å². The number of fused-ring (bicyclic) bond motifs is 1. The van der Waals surface area contributed by atoms with Crippen molar-refractivity contribution in [2.75, 3.05) is 0 Å². The van der Waals surface area contributed by atoms with Gasteiger partial charge in [-0.1, -0.05) is 18.2 Å². The Bertz CT molecular complexity index is 496. The van der Waals surface area contributed by atoms with Gasteiger partial charge >= 0.3 is 35.6 Å². The Morgan fingerprint density at radius 2 is 2.12 bits per heavy atom. The van der Waals surface area contributed by atoms with Crippen molar-refractivity contribution in [3.63, 3.8) is 0 Å². The number of urea groups is 1. The number of thiophene rings is 1. The van der Waals surface area contributed by atoms with E-state index in [-0.39, 0.29) is 29.6 Å². The van der Waals surface area contributed by atoms with Gasteiger partial charge in [-0.05, 0) is 24.4 Å². The van der Waals surface area contributed by atoms with Crippen molar-refractivity contribution in [2.24, 2.45) is 5.73 Å². The molecule has 0 radical (unpaired) electrons. The van der Waals surface area contributed by atoms with Gasteiger partial charge in [-0.3, -0.25) is 0 Å². The van der Waals surface area contributed by atoms with Crippen molar-refractivity contribution in [1.82, 2.24) is 5.06 Å². The monoisotopic (exact) mass is 258 g/mol. The largest absolute Gasteiger partial charge is 1.00 e. The maximum atomic E-state index is 11.4. The molecule has 0 spiro atoms. The van der Waals surface area contributed by atoms with E-state index in [1.807, 2.05) is 30.3 Å². The molecule has 1 unspecified atom stereocenters. The van der Waals surface area contributed by atoms with Gasteiger partial charge in [-0.25, -0.2) is 4.79 Å². The Morgan fingerprint density at radius 1 is 1.47 bits per heavy atom. The molecule has 0 aliphatic heterocycles. The van der Waals surface area contributed by atoms with Crippen LogP contribution in [0.3, 0.4) is 0 Å². The first-order valence-corrected chi connectivity index (χ1v) is 5.65. The zero-order valence-corrected chi connectivity index (χ0v) is 12.5. The summed E-state index contributed by atoms with van der Waals surface area (Å²) in [7, 11) is 0. The summed E-state index contributed by atoms with van der Waals surface area (Å²) in [5, 5.41) is 12.7. The van der Waals surface area contributed by atoms with E-state index in [0.717, 1.165) is 15.0 Å². The van der Waals surface area contributed by atoms with Crippen LogP contribution < -0.4 is 35.3 Å². The molecule has 2 N–H and O–H groups in total. The van der Waals surface area contributed by atoms with Gasteiger partial charge in [0.2, 0.25) is 0 Å². The maximum Gasteiger partial charge on any atom is 1.00 e. The van der Waals surface area contributed by atoms with Gasteiger partial charge < -0.3 is 16.0 Å². The second kappa shape index (κ2) is 5.84. The number of hydrogen-bond acceptors (Lipinski definition) is 3. The number of carbonyl (C=O) groups is 1. The number of nitrogens with zero attached hydrogens (tertiary/aromatic N) is 1. The Balaban J connectivity index is 0.00000144. The normalized spacial score (nSPS) is 11.9. The van der Waals surface area contributed by atoms with E-state index >= 15 is 0 Å². The molecule has 6 heteroatoms. The van der Waals surface area contributed by atoms with E-state index in [9.17, 15) is 10.0 Å². The maximum absolute atomic E-state index is 11.4. The zero-order valence-electron chi connectivity index (χ0n) is 9.71. The van der Waals surface area contributed by atoms with E-state index in [1.54, 1.807) is 6.92 Å². The molecule has 1 heterocycles. The minimum Gasteiger partial charge on any atom is -0.754 e. The summed E-state index contributed by atoms with van der Waals surface area (Å²) in [6.45, 7) is 1.67.